The molecule has 0 radical (unpaired) electrons. The second kappa shape index (κ2) is 6.58. The third kappa shape index (κ3) is 3.64. The molecule has 1 aliphatic rings. The molecule has 1 amide bonds. The van der Waals surface area contributed by atoms with Crippen LogP contribution in [0.1, 0.15) is 19.3 Å². The van der Waals surface area contributed by atoms with Gasteiger partial charge in [0.2, 0.25) is 5.91 Å². The number of carbonyl (C=O) groups is 1. The zero-order valence-electron chi connectivity index (χ0n) is 9.11. The van der Waals surface area contributed by atoms with Crippen molar-refractivity contribution in [2.24, 2.45) is 0 Å². The molecule has 4 heteroatoms. The van der Waals surface area contributed by atoms with Gasteiger partial charge >= 0.3 is 0 Å². The summed E-state index contributed by atoms with van der Waals surface area (Å²) in [6, 6.07) is -0.0646. The number of hydrogen-bond donors (Lipinski definition) is 2. The highest BCUT2D eigenvalue weighted by Crippen LogP contribution is 2.09. The Morgan fingerprint density at radius 3 is 2.93 bits per heavy atom. The topological polar surface area (TPSA) is 52.6 Å². The molecule has 1 atom stereocenters. The summed E-state index contributed by atoms with van der Waals surface area (Å²) in [5.41, 5.74) is 0. The fourth-order valence-electron chi connectivity index (χ4n) is 1.85. The molecule has 4 nitrogen and oxygen atoms in total. The maximum absolute atomic E-state index is 12.0. The van der Waals surface area contributed by atoms with Crippen molar-refractivity contribution in [3.8, 4) is 0 Å². The summed E-state index contributed by atoms with van der Waals surface area (Å²) in [6.45, 7) is 5.44. The predicted octanol–water partition coefficient (Wildman–Crippen LogP) is 0.135. The molecule has 1 rings (SSSR count). The summed E-state index contributed by atoms with van der Waals surface area (Å²) in [7, 11) is 0. The normalized spacial score (nSPS) is 21.0. The van der Waals surface area contributed by atoms with E-state index in [1.807, 2.05) is 0 Å². The summed E-state index contributed by atoms with van der Waals surface area (Å²) < 4.78 is 0. The molecule has 86 valence electrons. The van der Waals surface area contributed by atoms with Crippen LogP contribution in [0.4, 0.5) is 0 Å². The number of nitrogens with one attached hydrogen (secondary N) is 1. The fourth-order valence-corrected chi connectivity index (χ4v) is 1.85. The summed E-state index contributed by atoms with van der Waals surface area (Å²) in [5, 5.41) is 12.1. The van der Waals surface area contributed by atoms with Gasteiger partial charge in [-0.25, -0.2) is 0 Å². The lowest BCUT2D eigenvalue weighted by Crippen LogP contribution is -2.49. The lowest BCUT2D eigenvalue weighted by molar-refractivity contribution is -0.134. The van der Waals surface area contributed by atoms with Crippen LogP contribution in [0.15, 0.2) is 12.7 Å². The summed E-state index contributed by atoms with van der Waals surface area (Å²) in [4.78, 5) is 13.6. The van der Waals surface area contributed by atoms with E-state index >= 15 is 0 Å². The van der Waals surface area contributed by atoms with Crippen molar-refractivity contribution in [1.82, 2.24) is 10.2 Å². The molecule has 0 spiro atoms. The number of carbonyl (C=O) groups excluding carboxylic acids is 1. The average Bonchev–Trinajstić information content (AvgIpc) is 2.29. The van der Waals surface area contributed by atoms with E-state index in [1.54, 1.807) is 11.0 Å². The molecule has 0 aromatic rings. The van der Waals surface area contributed by atoms with Gasteiger partial charge in [0.25, 0.3) is 0 Å². The Kier molecular flexibility index (Phi) is 5.36. The Bertz CT molecular complexity index is 213. The number of nitrogens with zero attached hydrogens (tertiary/aromatic N) is 1. The molecule has 15 heavy (non-hydrogen) atoms. The van der Waals surface area contributed by atoms with E-state index in [0.717, 1.165) is 25.8 Å². The standard InChI is InChI=1S/C11H20N2O2/c1-2-7-13(8-9-14)11(15)10-5-3-4-6-12-10/h2,10,12,14H,1,3-9H2/t10-/m1/s1. The number of hydrogen-bond acceptors (Lipinski definition) is 3. The molecule has 0 aliphatic carbocycles. The molecule has 0 aromatic carbocycles. The Labute approximate surface area is 91.0 Å². The second-order valence-corrected chi connectivity index (χ2v) is 3.80. The molecule has 0 saturated carbocycles. The highest BCUT2D eigenvalue weighted by atomic mass is 16.3. The van der Waals surface area contributed by atoms with Gasteiger partial charge in [0.15, 0.2) is 0 Å². The molecule has 0 bridgehead atoms. The number of aliphatic hydroxyl groups is 1. The Morgan fingerprint density at radius 1 is 1.60 bits per heavy atom. The maximum Gasteiger partial charge on any atom is 0.240 e. The van der Waals surface area contributed by atoms with E-state index in [0.29, 0.717) is 13.1 Å². The van der Waals surface area contributed by atoms with Crippen molar-refractivity contribution in [3.05, 3.63) is 12.7 Å². The second-order valence-electron chi connectivity index (χ2n) is 3.80. The van der Waals surface area contributed by atoms with Crippen molar-refractivity contribution in [1.29, 1.82) is 0 Å². The molecule has 1 fully saturated rings. The first-order valence-electron chi connectivity index (χ1n) is 5.53. The van der Waals surface area contributed by atoms with E-state index < -0.39 is 0 Å². The molecule has 1 aliphatic heterocycles. The smallest absolute Gasteiger partial charge is 0.240 e. The average molecular weight is 212 g/mol. The summed E-state index contributed by atoms with van der Waals surface area (Å²) in [6.07, 6.45) is 4.84. The van der Waals surface area contributed by atoms with Gasteiger partial charge in [0.05, 0.1) is 12.6 Å². The van der Waals surface area contributed by atoms with Gasteiger partial charge in [-0.1, -0.05) is 12.5 Å². The zero-order valence-corrected chi connectivity index (χ0v) is 9.11. The van der Waals surface area contributed by atoms with Crippen molar-refractivity contribution in [3.63, 3.8) is 0 Å². The van der Waals surface area contributed by atoms with E-state index in [9.17, 15) is 4.79 Å². The molecule has 0 aromatic heterocycles. The first-order chi connectivity index (χ1) is 7.29. The van der Waals surface area contributed by atoms with E-state index in [1.165, 1.54) is 0 Å². The van der Waals surface area contributed by atoms with Crippen LogP contribution in [-0.2, 0) is 4.79 Å². The fraction of sp³-hybridized carbons (Fsp3) is 0.727. The van der Waals surface area contributed by atoms with Gasteiger partial charge in [0.1, 0.15) is 0 Å². The third-order valence-electron chi connectivity index (χ3n) is 2.64. The monoisotopic (exact) mass is 212 g/mol. The molecular formula is C11H20N2O2. The predicted molar refractivity (Wildman–Crippen MR) is 59.5 cm³/mol. The number of rotatable bonds is 5. The van der Waals surface area contributed by atoms with Crippen LogP contribution in [0.2, 0.25) is 0 Å². The first kappa shape index (κ1) is 12.2. The van der Waals surface area contributed by atoms with Crippen molar-refractivity contribution < 1.29 is 9.90 Å². The van der Waals surface area contributed by atoms with Crippen LogP contribution in [0.5, 0.6) is 0 Å². The van der Waals surface area contributed by atoms with Crippen molar-refractivity contribution in [2.75, 3.05) is 26.2 Å². The Hall–Kier alpha value is -0.870. The molecule has 0 unspecified atom stereocenters. The van der Waals surface area contributed by atoms with Gasteiger partial charge in [0, 0.05) is 13.1 Å². The summed E-state index contributed by atoms with van der Waals surface area (Å²) in [5.74, 6) is 0.0867. The van der Waals surface area contributed by atoms with Crippen LogP contribution >= 0.6 is 0 Å². The quantitative estimate of drug-likeness (QED) is 0.637. The highest BCUT2D eigenvalue weighted by Gasteiger charge is 2.24. The largest absolute Gasteiger partial charge is 0.395 e. The van der Waals surface area contributed by atoms with Gasteiger partial charge in [-0.15, -0.1) is 6.58 Å². The van der Waals surface area contributed by atoms with Gasteiger partial charge in [-0.05, 0) is 19.4 Å². The van der Waals surface area contributed by atoms with Crippen LogP contribution in [0.3, 0.4) is 0 Å². The van der Waals surface area contributed by atoms with Crippen LogP contribution in [-0.4, -0.2) is 48.2 Å². The molecular weight excluding hydrogens is 192 g/mol. The lowest BCUT2D eigenvalue weighted by Gasteiger charge is -2.28. The first-order valence-corrected chi connectivity index (χ1v) is 5.53. The number of piperidine rings is 1. The SMILES string of the molecule is C=CCN(CCO)C(=O)[C@H]1CCCCN1. The minimum Gasteiger partial charge on any atom is -0.395 e. The van der Waals surface area contributed by atoms with Crippen LogP contribution in [0.25, 0.3) is 0 Å². The van der Waals surface area contributed by atoms with E-state index in [4.69, 9.17) is 5.11 Å². The molecule has 1 heterocycles. The van der Waals surface area contributed by atoms with Gasteiger partial charge in [-0.3, -0.25) is 4.79 Å². The summed E-state index contributed by atoms with van der Waals surface area (Å²) >= 11 is 0. The van der Waals surface area contributed by atoms with Crippen molar-refractivity contribution in [2.45, 2.75) is 25.3 Å². The van der Waals surface area contributed by atoms with Crippen LogP contribution in [0, 0.1) is 0 Å². The zero-order chi connectivity index (χ0) is 11.1. The number of aliphatic hydroxyl groups excluding tert-OH is 1. The Morgan fingerprint density at radius 2 is 2.40 bits per heavy atom. The van der Waals surface area contributed by atoms with Crippen LogP contribution < -0.4 is 5.32 Å². The van der Waals surface area contributed by atoms with Crippen molar-refractivity contribution >= 4 is 5.91 Å². The van der Waals surface area contributed by atoms with Gasteiger partial charge in [-0.2, -0.15) is 0 Å². The minimum atomic E-state index is -0.0646. The highest BCUT2D eigenvalue weighted by molar-refractivity contribution is 5.82. The van der Waals surface area contributed by atoms with Gasteiger partial charge < -0.3 is 15.3 Å². The number of amides is 1. The molecule has 2 N–H and O–H groups in total. The van der Waals surface area contributed by atoms with E-state index in [2.05, 4.69) is 11.9 Å². The third-order valence-corrected chi connectivity index (χ3v) is 2.64. The minimum absolute atomic E-state index is 0.00625. The maximum atomic E-state index is 12.0. The Balaban J connectivity index is 2.48. The molecule has 1 saturated heterocycles. The lowest BCUT2D eigenvalue weighted by atomic mass is 10.0. The van der Waals surface area contributed by atoms with E-state index in [-0.39, 0.29) is 18.6 Å².